The lowest BCUT2D eigenvalue weighted by Crippen LogP contribution is -2.49. The van der Waals surface area contributed by atoms with E-state index in [0.29, 0.717) is 37.3 Å². The Labute approximate surface area is 165 Å². The minimum Gasteiger partial charge on any atom is -0.352 e. The van der Waals surface area contributed by atoms with Gasteiger partial charge in [-0.15, -0.1) is 0 Å². The molecule has 0 unspecified atom stereocenters. The number of piperidine rings is 1. The molecule has 7 heteroatoms. The summed E-state index contributed by atoms with van der Waals surface area (Å²) in [5.41, 5.74) is 1.27. The lowest BCUT2D eigenvalue weighted by molar-refractivity contribution is 0.0717. The Hall–Kier alpha value is -2.96. The van der Waals surface area contributed by atoms with E-state index in [1.165, 1.54) is 6.42 Å². The third-order valence-corrected chi connectivity index (χ3v) is 5.44. The van der Waals surface area contributed by atoms with Gasteiger partial charge in [0.15, 0.2) is 0 Å². The fourth-order valence-electron chi connectivity index (χ4n) is 3.88. The van der Waals surface area contributed by atoms with Crippen molar-refractivity contribution in [2.45, 2.75) is 19.3 Å². The van der Waals surface area contributed by atoms with Gasteiger partial charge >= 0.3 is 0 Å². The molecule has 2 aliphatic rings. The van der Waals surface area contributed by atoms with Crippen LogP contribution in [0.2, 0.25) is 0 Å². The number of likely N-dealkylation sites (tertiary alicyclic amines) is 1. The van der Waals surface area contributed by atoms with Crippen LogP contribution in [0, 0.1) is 0 Å². The van der Waals surface area contributed by atoms with Crippen molar-refractivity contribution in [1.82, 2.24) is 19.8 Å². The second kappa shape index (κ2) is 8.37. The normalized spacial score (nSPS) is 17.5. The average Bonchev–Trinajstić information content (AvgIpc) is 2.79. The van der Waals surface area contributed by atoms with Crippen LogP contribution in [-0.2, 0) is 0 Å². The van der Waals surface area contributed by atoms with Crippen LogP contribution in [0.4, 0.5) is 5.82 Å². The SMILES string of the molecule is O=C(c1cccnc1)N1CCN(c2ncccc2C(=O)N2CCCCC2)CC1. The van der Waals surface area contributed by atoms with Crippen LogP contribution in [-0.4, -0.2) is 70.9 Å². The third kappa shape index (κ3) is 3.83. The summed E-state index contributed by atoms with van der Waals surface area (Å²) in [5, 5.41) is 0. The molecule has 0 N–H and O–H groups in total. The molecule has 0 bridgehead atoms. The topological polar surface area (TPSA) is 69.6 Å². The van der Waals surface area contributed by atoms with Gasteiger partial charge in [0.25, 0.3) is 11.8 Å². The fraction of sp³-hybridized carbons (Fsp3) is 0.429. The van der Waals surface area contributed by atoms with Crippen molar-refractivity contribution in [1.29, 1.82) is 0 Å². The number of nitrogens with zero attached hydrogens (tertiary/aromatic N) is 5. The lowest BCUT2D eigenvalue weighted by atomic mass is 10.1. The Bertz CT molecular complexity index is 828. The van der Waals surface area contributed by atoms with Crippen molar-refractivity contribution >= 4 is 17.6 Å². The van der Waals surface area contributed by atoms with Crippen molar-refractivity contribution in [2.24, 2.45) is 0 Å². The zero-order valence-corrected chi connectivity index (χ0v) is 16.0. The highest BCUT2D eigenvalue weighted by Crippen LogP contribution is 2.23. The fourth-order valence-corrected chi connectivity index (χ4v) is 3.88. The summed E-state index contributed by atoms with van der Waals surface area (Å²) in [5.74, 6) is 0.793. The summed E-state index contributed by atoms with van der Waals surface area (Å²) in [6.07, 6.45) is 8.32. The van der Waals surface area contributed by atoms with Crippen LogP contribution >= 0.6 is 0 Å². The van der Waals surface area contributed by atoms with Crippen LogP contribution in [0.15, 0.2) is 42.9 Å². The molecule has 146 valence electrons. The van der Waals surface area contributed by atoms with Crippen molar-refractivity contribution in [2.75, 3.05) is 44.2 Å². The molecular weight excluding hydrogens is 354 g/mol. The van der Waals surface area contributed by atoms with E-state index in [1.54, 1.807) is 30.7 Å². The number of rotatable bonds is 3. The lowest BCUT2D eigenvalue weighted by Gasteiger charge is -2.36. The molecule has 0 aliphatic carbocycles. The van der Waals surface area contributed by atoms with E-state index in [4.69, 9.17) is 0 Å². The average molecular weight is 379 g/mol. The minimum atomic E-state index is -0.00149. The van der Waals surface area contributed by atoms with Gasteiger partial charge in [-0.2, -0.15) is 0 Å². The van der Waals surface area contributed by atoms with Crippen LogP contribution < -0.4 is 4.90 Å². The molecule has 2 aromatic rings. The van der Waals surface area contributed by atoms with Gasteiger partial charge in [-0.1, -0.05) is 0 Å². The molecule has 0 spiro atoms. The van der Waals surface area contributed by atoms with Crippen LogP contribution in [0.5, 0.6) is 0 Å². The van der Waals surface area contributed by atoms with Crippen LogP contribution in [0.3, 0.4) is 0 Å². The molecule has 0 atom stereocenters. The Balaban J connectivity index is 1.45. The molecular formula is C21H25N5O2. The summed E-state index contributed by atoms with van der Waals surface area (Å²) in [6.45, 7) is 4.15. The predicted octanol–water partition coefficient (Wildman–Crippen LogP) is 2.07. The number of anilines is 1. The first-order chi connectivity index (χ1) is 13.7. The Morgan fingerprint density at radius 2 is 1.50 bits per heavy atom. The summed E-state index contributed by atoms with van der Waals surface area (Å²) >= 11 is 0. The molecule has 0 saturated carbocycles. The molecule has 2 aromatic heterocycles. The molecule has 4 rings (SSSR count). The zero-order valence-electron chi connectivity index (χ0n) is 16.0. The molecule has 28 heavy (non-hydrogen) atoms. The van der Waals surface area contributed by atoms with Crippen molar-refractivity contribution < 1.29 is 9.59 Å². The van der Waals surface area contributed by atoms with Gasteiger partial charge in [0.1, 0.15) is 5.82 Å². The molecule has 7 nitrogen and oxygen atoms in total. The number of piperazine rings is 1. The van der Waals surface area contributed by atoms with Gasteiger partial charge in [-0.3, -0.25) is 14.6 Å². The molecule has 2 fully saturated rings. The first-order valence-electron chi connectivity index (χ1n) is 9.92. The van der Waals surface area contributed by atoms with Gasteiger partial charge in [-0.25, -0.2) is 4.98 Å². The van der Waals surface area contributed by atoms with E-state index in [-0.39, 0.29) is 11.8 Å². The number of aromatic nitrogens is 2. The third-order valence-electron chi connectivity index (χ3n) is 5.44. The second-order valence-electron chi connectivity index (χ2n) is 7.25. The second-order valence-corrected chi connectivity index (χ2v) is 7.25. The van der Waals surface area contributed by atoms with Crippen molar-refractivity contribution in [3.05, 3.63) is 54.0 Å². The quantitative estimate of drug-likeness (QED) is 0.817. The van der Waals surface area contributed by atoms with Crippen molar-refractivity contribution in [3.8, 4) is 0 Å². The number of carbonyl (C=O) groups is 2. The summed E-state index contributed by atoms with van der Waals surface area (Å²) in [4.78, 5) is 40.1. The number of pyridine rings is 2. The highest BCUT2D eigenvalue weighted by atomic mass is 16.2. The van der Waals surface area contributed by atoms with E-state index in [2.05, 4.69) is 14.9 Å². The maximum atomic E-state index is 13.0. The van der Waals surface area contributed by atoms with E-state index in [9.17, 15) is 9.59 Å². The van der Waals surface area contributed by atoms with Gasteiger partial charge in [0.05, 0.1) is 11.1 Å². The van der Waals surface area contributed by atoms with Gasteiger partial charge in [-0.05, 0) is 43.5 Å². The molecule has 2 aliphatic heterocycles. The standard InChI is InChI=1S/C21H25N5O2/c27-20(17-6-4-8-22-16-17)26-14-12-24(13-15-26)19-18(7-5-9-23-19)21(28)25-10-2-1-3-11-25/h4-9,16H,1-3,10-15H2. The zero-order chi connectivity index (χ0) is 19.3. The predicted molar refractivity (Wildman–Crippen MR) is 106 cm³/mol. The Morgan fingerprint density at radius 3 is 2.21 bits per heavy atom. The minimum absolute atomic E-state index is 0.00149. The van der Waals surface area contributed by atoms with Crippen LogP contribution in [0.25, 0.3) is 0 Å². The highest BCUT2D eigenvalue weighted by molar-refractivity contribution is 5.99. The number of amides is 2. The van der Waals surface area contributed by atoms with Gasteiger partial charge in [0, 0.05) is 57.9 Å². The van der Waals surface area contributed by atoms with Crippen LogP contribution in [0.1, 0.15) is 40.0 Å². The Morgan fingerprint density at radius 1 is 0.786 bits per heavy atom. The van der Waals surface area contributed by atoms with E-state index < -0.39 is 0 Å². The molecule has 2 amide bonds. The molecule has 0 radical (unpaired) electrons. The Kier molecular flexibility index (Phi) is 5.50. The largest absolute Gasteiger partial charge is 0.352 e. The summed E-state index contributed by atoms with van der Waals surface area (Å²) in [6, 6.07) is 7.25. The molecule has 2 saturated heterocycles. The van der Waals surface area contributed by atoms with Crippen molar-refractivity contribution in [3.63, 3.8) is 0 Å². The smallest absolute Gasteiger partial charge is 0.257 e. The van der Waals surface area contributed by atoms with Gasteiger partial charge in [0.2, 0.25) is 0 Å². The first-order valence-corrected chi connectivity index (χ1v) is 9.92. The maximum absolute atomic E-state index is 13.0. The summed E-state index contributed by atoms with van der Waals surface area (Å²) in [7, 11) is 0. The van der Waals surface area contributed by atoms with Gasteiger partial charge < -0.3 is 14.7 Å². The maximum Gasteiger partial charge on any atom is 0.257 e. The molecule has 4 heterocycles. The number of hydrogen-bond acceptors (Lipinski definition) is 5. The first kappa shape index (κ1) is 18.4. The molecule has 0 aromatic carbocycles. The summed E-state index contributed by atoms with van der Waals surface area (Å²) < 4.78 is 0. The van der Waals surface area contributed by atoms with E-state index in [0.717, 1.165) is 31.7 Å². The number of hydrogen-bond donors (Lipinski definition) is 0. The monoisotopic (exact) mass is 379 g/mol. The van der Waals surface area contributed by atoms with E-state index >= 15 is 0 Å². The van der Waals surface area contributed by atoms with E-state index in [1.807, 2.05) is 21.9 Å². The number of carbonyl (C=O) groups excluding carboxylic acids is 2. The highest BCUT2D eigenvalue weighted by Gasteiger charge is 2.27.